The topological polar surface area (TPSA) is 17.1 Å². The molecular formula is C9H5Cl3O. The van der Waals surface area contributed by atoms with Gasteiger partial charge in [-0.15, -0.1) is 0 Å². The Kier molecular flexibility index (Phi) is 2.26. The van der Waals surface area contributed by atoms with Crippen molar-refractivity contribution in [3.63, 3.8) is 0 Å². The number of Topliss-reactive ketones (excluding diaryl/α,β-unsaturated/α-hetero) is 1. The van der Waals surface area contributed by atoms with E-state index in [1.807, 2.05) is 0 Å². The predicted molar refractivity (Wildman–Crippen MR) is 54.1 cm³/mol. The molecule has 0 radical (unpaired) electrons. The number of fused-ring (bicyclic) bond motifs is 1. The lowest BCUT2D eigenvalue weighted by atomic mass is 10.1. The number of rotatable bonds is 0. The van der Waals surface area contributed by atoms with Crippen LogP contribution >= 0.6 is 34.8 Å². The zero-order valence-electron chi connectivity index (χ0n) is 6.53. The quantitative estimate of drug-likeness (QED) is 0.626. The molecule has 0 unspecified atom stereocenters. The average Bonchev–Trinajstić information content (AvgIpc) is 2.45. The van der Waals surface area contributed by atoms with Gasteiger partial charge in [-0.1, -0.05) is 34.8 Å². The highest BCUT2D eigenvalue weighted by atomic mass is 35.5. The lowest BCUT2D eigenvalue weighted by Gasteiger charge is -2.04. The first-order chi connectivity index (χ1) is 6.11. The Labute approximate surface area is 90.6 Å². The van der Waals surface area contributed by atoms with E-state index in [9.17, 15) is 4.79 Å². The van der Waals surface area contributed by atoms with E-state index in [-0.39, 0.29) is 5.78 Å². The molecule has 0 saturated heterocycles. The van der Waals surface area contributed by atoms with Gasteiger partial charge in [0.05, 0.1) is 15.1 Å². The molecule has 0 aromatic heterocycles. The number of hydrogen-bond donors (Lipinski definition) is 0. The molecule has 2 rings (SSSR count). The molecule has 13 heavy (non-hydrogen) atoms. The monoisotopic (exact) mass is 234 g/mol. The summed E-state index contributed by atoms with van der Waals surface area (Å²) >= 11 is 17.6. The van der Waals surface area contributed by atoms with E-state index >= 15 is 0 Å². The van der Waals surface area contributed by atoms with Crippen molar-refractivity contribution in [1.82, 2.24) is 0 Å². The Bertz CT molecular complexity index is 398. The van der Waals surface area contributed by atoms with Crippen molar-refractivity contribution in [3.8, 4) is 0 Å². The molecule has 4 heteroatoms. The number of hydrogen-bond acceptors (Lipinski definition) is 1. The predicted octanol–water partition coefficient (Wildman–Crippen LogP) is 3.78. The second-order valence-corrected chi connectivity index (χ2v) is 4.10. The fourth-order valence-electron chi connectivity index (χ4n) is 1.50. The van der Waals surface area contributed by atoms with Crippen LogP contribution in [-0.4, -0.2) is 5.78 Å². The highest BCUT2D eigenvalue weighted by Crippen LogP contribution is 2.38. The van der Waals surface area contributed by atoms with Crippen molar-refractivity contribution in [2.75, 3.05) is 0 Å². The molecule has 1 aliphatic carbocycles. The van der Waals surface area contributed by atoms with Crippen molar-refractivity contribution in [1.29, 1.82) is 0 Å². The smallest absolute Gasteiger partial charge is 0.163 e. The largest absolute Gasteiger partial charge is 0.294 e. The van der Waals surface area contributed by atoms with Crippen molar-refractivity contribution in [2.45, 2.75) is 12.8 Å². The van der Waals surface area contributed by atoms with Crippen LogP contribution in [0.4, 0.5) is 0 Å². The third kappa shape index (κ3) is 1.35. The van der Waals surface area contributed by atoms with Crippen molar-refractivity contribution < 1.29 is 4.79 Å². The van der Waals surface area contributed by atoms with Crippen LogP contribution in [0, 0.1) is 0 Å². The first kappa shape index (κ1) is 9.32. The molecule has 0 aliphatic heterocycles. The number of halogens is 3. The van der Waals surface area contributed by atoms with E-state index < -0.39 is 0 Å². The van der Waals surface area contributed by atoms with Crippen LogP contribution in [0.3, 0.4) is 0 Å². The molecule has 0 bridgehead atoms. The van der Waals surface area contributed by atoms with Gasteiger partial charge in [0.2, 0.25) is 0 Å². The van der Waals surface area contributed by atoms with E-state index in [0.717, 1.165) is 5.56 Å². The van der Waals surface area contributed by atoms with Crippen LogP contribution in [0.2, 0.25) is 15.1 Å². The summed E-state index contributed by atoms with van der Waals surface area (Å²) in [5, 5.41) is 1.12. The molecule has 0 atom stereocenters. The minimum absolute atomic E-state index is 0.0930. The Hall–Kier alpha value is -0.240. The van der Waals surface area contributed by atoms with Gasteiger partial charge in [-0.3, -0.25) is 4.79 Å². The summed E-state index contributed by atoms with van der Waals surface area (Å²) in [5.41, 5.74) is 1.46. The normalized spacial score (nSPS) is 14.8. The van der Waals surface area contributed by atoms with Crippen LogP contribution in [-0.2, 0) is 6.42 Å². The lowest BCUT2D eigenvalue weighted by Crippen LogP contribution is -1.91. The number of carbonyl (C=O) groups is 1. The minimum Gasteiger partial charge on any atom is -0.294 e. The van der Waals surface area contributed by atoms with E-state index in [0.29, 0.717) is 33.5 Å². The molecule has 68 valence electrons. The van der Waals surface area contributed by atoms with Gasteiger partial charge < -0.3 is 0 Å². The van der Waals surface area contributed by atoms with E-state index in [1.54, 1.807) is 6.07 Å². The Morgan fingerprint density at radius 2 is 1.77 bits per heavy atom. The van der Waals surface area contributed by atoms with Crippen LogP contribution in [0.15, 0.2) is 6.07 Å². The zero-order valence-corrected chi connectivity index (χ0v) is 8.80. The molecule has 0 spiro atoms. The first-order valence-electron chi connectivity index (χ1n) is 3.81. The molecule has 0 fully saturated rings. The van der Waals surface area contributed by atoms with Gasteiger partial charge in [0.15, 0.2) is 5.78 Å². The summed E-state index contributed by atoms with van der Waals surface area (Å²) < 4.78 is 0. The average molecular weight is 235 g/mol. The molecule has 1 aromatic rings. The van der Waals surface area contributed by atoms with Gasteiger partial charge >= 0.3 is 0 Å². The second kappa shape index (κ2) is 3.16. The van der Waals surface area contributed by atoms with Gasteiger partial charge in [0, 0.05) is 12.0 Å². The molecule has 1 aromatic carbocycles. The molecule has 0 amide bonds. The summed E-state index contributed by atoms with van der Waals surface area (Å²) in [5.74, 6) is 0.0930. The standard InChI is InChI=1S/C9H5Cl3O/c10-6-3-5-4(1-2-7(5)13)8(11)9(6)12/h3H,1-2H2. The lowest BCUT2D eigenvalue weighted by molar-refractivity contribution is 0.0994. The highest BCUT2D eigenvalue weighted by Gasteiger charge is 2.24. The summed E-state index contributed by atoms with van der Waals surface area (Å²) in [4.78, 5) is 11.3. The van der Waals surface area contributed by atoms with E-state index in [2.05, 4.69) is 0 Å². The Balaban J connectivity index is 2.74. The highest BCUT2D eigenvalue weighted by molar-refractivity contribution is 6.48. The third-order valence-electron chi connectivity index (χ3n) is 2.17. The zero-order chi connectivity index (χ0) is 9.59. The van der Waals surface area contributed by atoms with Crippen molar-refractivity contribution >= 4 is 40.6 Å². The maximum absolute atomic E-state index is 11.3. The molecule has 1 aliphatic rings. The third-order valence-corrected chi connectivity index (χ3v) is 3.47. The number of benzene rings is 1. The van der Waals surface area contributed by atoms with E-state index in [4.69, 9.17) is 34.8 Å². The maximum atomic E-state index is 11.3. The van der Waals surface area contributed by atoms with Gasteiger partial charge in [0.1, 0.15) is 0 Å². The number of carbonyl (C=O) groups excluding carboxylic acids is 1. The SMILES string of the molecule is O=C1CCc2c1cc(Cl)c(Cl)c2Cl. The summed E-state index contributed by atoms with van der Waals surface area (Å²) in [7, 11) is 0. The summed E-state index contributed by atoms with van der Waals surface area (Å²) in [6, 6.07) is 1.60. The number of ketones is 1. The van der Waals surface area contributed by atoms with Gasteiger partial charge in [0.25, 0.3) is 0 Å². The fraction of sp³-hybridized carbons (Fsp3) is 0.222. The minimum atomic E-state index is 0.0930. The van der Waals surface area contributed by atoms with Crippen LogP contribution < -0.4 is 0 Å². The Morgan fingerprint density at radius 1 is 1.08 bits per heavy atom. The molecule has 0 heterocycles. The van der Waals surface area contributed by atoms with Crippen LogP contribution in [0.5, 0.6) is 0 Å². The molecule has 0 N–H and O–H groups in total. The van der Waals surface area contributed by atoms with Gasteiger partial charge in [-0.25, -0.2) is 0 Å². The summed E-state index contributed by atoms with van der Waals surface area (Å²) in [6.45, 7) is 0. The van der Waals surface area contributed by atoms with Crippen LogP contribution in [0.1, 0.15) is 22.3 Å². The van der Waals surface area contributed by atoms with E-state index in [1.165, 1.54) is 0 Å². The summed E-state index contributed by atoms with van der Waals surface area (Å²) in [6.07, 6.45) is 1.18. The molecule has 0 saturated carbocycles. The molecule has 1 nitrogen and oxygen atoms in total. The molecular weight excluding hydrogens is 230 g/mol. The van der Waals surface area contributed by atoms with Crippen LogP contribution in [0.25, 0.3) is 0 Å². The maximum Gasteiger partial charge on any atom is 0.163 e. The van der Waals surface area contributed by atoms with Gasteiger partial charge in [-0.05, 0) is 18.1 Å². The van der Waals surface area contributed by atoms with Crippen molar-refractivity contribution in [2.24, 2.45) is 0 Å². The van der Waals surface area contributed by atoms with Gasteiger partial charge in [-0.2, -0.15) is 0 Å². The fourth-order valence-corrected chi connectivity index (χ4v) is 2.22. The van der Waals surface area contributed by atoms with Crippen molar-refractivity contribution in [3.05, 3.63) is 32.3 Å². The second-order valence-electron chi connectivity index (χ2n) is 2.94. The Morgan fingerprint density at radius 3 is 2.46 bits per heavy atom. The first-order valence-corrected chi connectivity index (χ1v) is 4.94.